The number of benzene rings is 1. The van der Waals surface area contributed by atoms with Gasteiger partial charge in [-0.25, -0.2) is 4.79 Å². The van der Waals surface area contributed by atoms with E-state index in [-0.39, 0.29) is 11.4 Å². The van der Waals surface area contributed by atoms with Gasteiger partial charge in [0.25, 0.3) is 5.69 Å². The molecule has 1 aromatic rings. The number of aliphatic hydroxyl groups is 1. The van der Waals surface area contributed by atoms with Crippen LogP contribution in [0, 0.1) is 10.1 Å². The number of non-ortho nitro benzene ring substituents is 1. The van der Waals surface area contributed by atoms with Crippen LogP contribution in [0.15, 0.2) is 24.3 Å². The quantitative estimate of drug-likeness (QED) is 0.234. The zero-order valence-corrected chi connectivity index (χ0v) is 14.4. The Balaban J connectivity index is 0.000000754. The molecule has 7 heteroatoms. The molecule has 1 rings (SSSR count). The van der Waals surface area contributed by atoms with E-state index in [4.69, 9.17) is 14.6 Å². The lowest BCUT2D eigenvalue weighted by molar-refractivity contribution is -0.384. The highest BCUT2D eigenvalue weighted by atomic mass is 16.7. The summed E-state index contributed by atoms with van der Waals surface area (Å²) in [6.07, 6.45) is 5.37. The summed E-state index contributed by atoms with van der Waals surface area (Å²) in [4.78, 5) is 21.1. The number of aliphatic hydroxyl groups excluding tert-OH is 1. The van der Waals surface area contributed by atoms with Crippen LogP contribution in [0.25, 0.3) is 0 Å². The van der Waals surface area contributed by atoms with Crippen molar-refractivity contribution in [2.75, 3.05) is 13.2 Å². The minimum Gasteiger partial charge on any atom is -0.434 e. The third kappa shape index (κ3) is 11.4. The molecule has 0 saturated heterocycles. The maximum atomic E-state index is 11.2. The number of rotatable bonds is 9. The fourth-order valence-corrected chi connectivity index (χ4v) is 1.63. The molecule has 24 heavy (non-hydrogen) atoms. The van der Waals surface area contributed by atoms with Gasteiger partial charge in [0.2, 0.25) is 0 Å². The molecule has 0 aliphatic heterocycles. The van der Waals surface area contributed by atoms with Crippen molar-refractivity contribution in [3.8, 4) is 5.75 Å². The summed E-state index contributed by atoms with van der Waals surface area (Å²) in [5.74, 6) is 0.223. The Morgan fingerprint density at radius 1 is 1.08 bits per heavy atom. The number of ether oxygens (including phenoxy) is 2. The molecule has 0 atom stereocenters. The molecule has 0 aliphatic rings. The number of unbranched alkanes of at least 4 members (excludes halogenated alkanes) is 4. The molecule has 1 aromatic carbocycles. The average Bonchev–Trinajstić information content (AvgIpc) is 2.58. The van der Waals surface area contributed by atoms with Crippen LogP contribution in [-0.2, 0) is 4.74 Å². The van der Waals surface area contributed by atoms with E-state index in [0.717, 1.165) is 32.1 Å². The number of nitro benzene ring substituents is 1. The van der Waals surface area contributed by atoms with Crippen LogP contribution in [0.4, 0.5) is 10.5 Å². The van der Waals surface area contributed by atoms with Gasteiger partial charge in [-0.15, -0.1) is 0 Å². The van der Waals surface area contributed by atoms with Crippen LogP contribution >= 0.6 is 0 Å². The third-order valence-electron chi connectivity index (χ3n) is 2.98. The summed E-state index contributed by atoms with van der Waals surface area (Å²) in [6, 6.07) is 5.23. The molecule has 0 aromatic heterocycles. The monoisotopic (exact) mass is 341 g/mol. The first kappa shape index (κ1) is 21.9. The molecule has 0 amide bonds. The molecule has 0 aliphatic carbocycles. The summed E-state index contributed by atoms with van der Waals surface area (Å²) in [6.45, 7) is 4.85. The minimum absolute atomic E-state index is 0.0568. The molecule has 7 nitrogen and oxygen atoms in total. The van der Waals surface area contributed by atoms with E-state index in [1.54, 1.807) is 0 Å². The van der Waals surface area contributed by atoms with Crippen LogP contribution in [0.2, 0.25) is 0 Å². The minimum atomic E-state index is -0.792. The third-order valence-corrected chi connectivity index (χ3v) is 2.98. The molecular formula is C17H27NO6. The van der Waals surface area contributed by atoms with E-state index in [0.29, 0.717) is 13.2 Å². The first-order chi connectivity index (χ1) is 11.5. The van der Waals surface area contributed by atoms with Crippen LogP contribution in [0.5, 0.6) is 5.75 Å². The predicted octanol–water partition coefficient (Wildman–Crippen LogP) is 4.47. The van der Waals surface area contributed by atoms with E-state index >= 15 is 0 Å². The average molecular weight is 341 g/mol. The van der Waals surface area contributed by atoms with Crippen molar-refractivity contribution in [3.05, 3.63) is 34.4 Å². The van der Waals surface area contributed by atoms with Crippen LogP contribution in [-0.4, -0.2) is 29.4 Å². The van der Waals surface area contributed by atoms with Crippen molar-refractivity contribution in [1.82, 2.24) is 0 Å². The van der Waals surface area contributed by atoms with Crippen molar-refractivity contribution < 1.29 is 24.3 Å². The standard InChI is InChI=1S/C12H15NO5.C5H12O/c1-2-3-4-9-17-12(14)18-11-7-5-10(6-8-11)13(15)16;1-2-3-4-5-6/h5-8H,2-4,9H2,1H3;6H,2-5H2,1H3. The zero-order valence-electron chi connectivity index (χ0n) is 14.4. The second-order valence-corrected chi connectivity index (χ2v) is 5.09. The van der Waals surface area contributed by atoms with Gasteiger partial charge in [-0.2, -0.15) is 0 Å². The summed E-state index contributed by atoms with van der Waals surface area (Å²) in [5, 5.41) is 18.6. The largest absolute Gasteiger partial charge is 0.513 e. The first-order valence-electron chi connectivity index (χ1n) is 8.25. The predicted molar refractivity (Wildman–Crippen MR) is 91.2 cm³/mol. The van der Waals surface area contributed by atoms with Gasteiger partial charge in [-0.3, -0.25) is 10.1 Å². The Morgan fingerprint density at radius 3 is 2.12 bits per heavy atom. The Morgan fingerprint density at radius 2 is 1.67 bits per heavy atom. The van der Waals surface area contributed by atoms with Gasteiger partial charge in [0.15, 0.2) is 0 Å². The zero-order chi connectivity index (χ0) is 18.2. The number of nitrogens with zero attached hydrogens (tertiary/aromatic N) is 1. The number of hydrogen-bond donors (Lipinski definition) is 1. The maximum absolute atomic E-state index is 11.2. The summed E-state index contributed by atoms with van der Waals surface area (Å²) < 4.78 is 9.68. The van der Waals surface area contributed by atoms with E-state index in [1.807, 2.05) is 0 Å². The van der Waals surface area contributed by atoms with E-state index in [1.165, 1.54) is 30.7 Å². The number of carbonyl (C=O) groups is 1. The van der Waals surface area contributed by atoms with Crippen LogP contribution in [0.1, 0.15) is 52.4 Å². The summed E-state index contributed by atoms with van der Waals surface area (Å²) in [5.41, 5.74) is -0.0568. The topological polar surface area (TPSA) is 98.9 Å². The van der Waals surface area contributed by atoms with Crippen molar-refractivity contribution in [1.29, 1.82) is 0 Å². The van der Waals surface area contributed by atoms with E-state index < -0.39 is 11.1 Å². The Labute approximate surface area is 142 Å². The maximum Gasteiger partial charge on any atom is 0.513 e. The number of nitro groups is 1. The second kappa shape index (κ2) is 14.4. The van der Waals surface area contributed by atoms with E-state index in [9.17, 15) is 14.9 Å². The molecule has 0 radical (unpaired) electrons. The molecule has 0 bridgehead atoms. The highest BCUT2D eigenvalue weighted by molar-refractivity contribution is 5.63. The fraction of sp³-hybridized carbons (Fsp3) is 0.588. The summed E-state index contributed by atoms with van der Waals surface area (Å²) >= 11 is 0. The summed E-state index contributed by atoms with van der Waals surface area (Å²) in [7, 11) is 0. The molecule has 0 heterocycles. The normalized spacial score (nSPS) is 9.62. The van der Waals surface area contributed by atoms with Gasteiger partial charge in [-0.05, 0) is 25.0 Å². The van der Waals surface area contributed by atoms with E-state index in [2.05, 4.69) is 13.8 Å². The first-order valence-corrected chi connectivity index (χ1v) is 8.25. The molecule has 136 valence electrons. The van der Waals surface area contributed by atoms with Gasteiger partial charge >= 0.3 is 6.16 Å². The Kier molecular flexibility index (Phi) is 13.1. The SMILES string of the molecule is CCCCCO.CCCCCOC(=O)Oc1ccc([N+](=O)[O-])cc1. The lowest BCUT2D eigenvalue weighted by Gasteiger charge is -2.05. The Hall–Kier alpha value is -2.15. The fourth-order valence-electron chi connectivity index (χ4n) is 1.63. The molecule has 0 spiro atoms. The Bertz CT molecular complexity index is 457. The van der Waals surface area contributed by atoms with Crippen molar-refractivity contribution >= 4 is 11.8 Å². The van der Waals surface area contributed by atoms with Gasteiger partial charge in [0.05, 0.1) is 11.5 Å². The van der Waals surface area contributed by atoms with Crippen molar-refractivity contribution in [2.24, 2.45) is 0 Å². The lowest BCUT2D eigenvalue weighted by atomic mass is 10.3. The molecule has 0 saturated carbocycles. The highest BCUT2D eigenvalue weighted by Gasteiger charge is 2.08. The van der Waals surface area contributed by atoms with Gasteiger partial charge < -0.3 is 14.6 Å². The lowest BCUT2D eigenvalue weighted by Crippen LogP contribution is -2.11. The molecule has 0 fully saturated rings. The van der Waals surface area contributed by atoms with Crippen molar-refractivity contribution in [3.63, 3.8) is 0 Å². The molecule has 0 unspecified atom stereocenters. The van der Waals surface area contributed by atoms with Crippen LogP contribution < -0.4 is 4.74 Å². The van der Waals surface area contributed by atoms with Crippen molar-refractivity contribution in [2.45, 2.75) is 52.4 Å². The number of hydrogen-bond acceptors (Lipinski definition) is 6. The second-order valence-electron chi connectivity index (χ2n) is 5.09. The molecule has 1 N–H and O–H groups in total. The smallest absolute Gasteiger partial charge is 0.434 e. The van der Waals surface area contributed by atoms with Crippen LogP contribution in [0.3, 0.4) is 0 Å². The highest BCUT2D eigenvalue weighted by Crippen LogP contribution is 2.17. The van der Waals surface area contributed by atoms with Gasteiger partial charge in [-0.1, -0.05) is 39.5 Å². The van der Waals surface area contributed by atoms with Gasteiger partial charge in [0.1, 0.15) is 5.75 Å². The van der Waals surface area contributed by atoms with Gasteiger partial charge in [0, 0.05) is 18.7 Å². The number of carbonyl (C=O) groups excluding carboxylic acids is 1. The molecular weight excluding hydrogens is 314 g/mol.